The minimum absolute atomic E-state index is 0.00340. The van der Waals surface area contributed by atoms with Crippen LogP contribution < -0.4 is 19.6 Å². The molecule has 13 rings (SSSR count). The zero-order valence-corrected chi connectivity index (χ0v) is 40.4. The van der Waals surface area contributed by atoms with E-state index in [-0.39, 0.29) is 17.5 Å². The third-order valence-corrected chi connectivity index (χ3v) is 15.6. The molecule has 2 aliphatic heterocycles. The Labute approximate surface area is 418 Å². The summed E-state index contributed by atoms with van der Waals surface area (Å²) in [7, 11) is 0. The number of allylic oxidation sites excluding steroid dienone is 2. The Morgan fingerprint density at radius 2 is 0.817 bits per heavy atom. The van der Waals surface area contributed by atoms with Crippen molar-refractivity contribution >= 4 is 79.8 Å². The lowest BCUT2D eigenvalue weighted by molar-refractivity contribution is 0.549. The van der Waals surface area contributed by atoms with Crippen molar-refractivity contribution < 1.29 is 0 Å². The molecule has 1 saturated carbocycles. The predicted molar refractivity (Wildman–Crippen MR) is 301 cm³/mol. The van der Waals surface area contributed by atoms with Crippen molar-refractivity contribution in [1.82, 2.24) is 0 Å². The van der Waals surface area contributed by atoms with Crippen LogP contribution in [0.25, 0.3) is 34.1 Å². The van der Waals surface area contributed by atoms with E-state index in [0.29, 0.717) is 0 Å². The lowest BCUT2D eigenvalue weighted by Crippen LogP contribution is -2.32. The number of benzene rings is 9. The van der Waals surface area contributed by atoms with Gasteiger partial charge >= 0.3 is 0 Å². The summed E-state index contributed by atoms with van der Waals surface area (Å²) in [6.07, 6.45) is 18.5. The van der Waals surface area contributed by atoms with E-state index in [1.807, 2.05) is 0 Å². The number of fused-ring (bicyclic) bond motifs is 9. The number of para-hydroxylation sites is 8. The SMILES string of the molecule is CC1/C=C\C=C/C(C)N(c2ccc3c(c2)C2(CCCC2)c2cc(/C=C/c4ccc5cc(N6c7ccccc7N(c7ccccc7)c7ccccc76)ccc5c4)ccc2-3)c2ccccc2N1c1ccccc1. The molecule has 2 unspecified atom stereocenters. The van der Waals surface area contributed by atoms with E-state index >= 15 is 0 Å². The summed E-state index contributed by atoms with van der Waals surface area (Å²) in [6.45, 7) is 4.61. The Morgan fingerprint density at radius 1 is 0.380 bits per heavy atom. The number of rotatable bonds is 6. The topological polar surface area (TPSA) is 13.0 Å². The highest BCUT2D eigenvalue weighted by Crippen LogP contribution is 2.59. The highest BCUT2D eigenvalue weighted by molar-refractivity contribution is 6.03. The summed E-state index contributed by atoms with van der Waals surface area (Å²) in [4.78, 5) is 9.82. The van der Waals surface area contributed by atoms with E-state index in [2.05, 4.69) is 276 Å². The molecular formula is C67H56N4. The van der Waals surface area contributed by atoms with Gasteiger partial charge in [-0.3, -0.25) is 0 Å². The normalized spacial score (nSPS) is 18.5. The van der Waals surface area contributed by atoms with Crippen LogP contribution in [-0.4, -0.2) is 12.1 Å². The highest BCUT2D eigenvalue weighted by atomic mass is 15.3. The lowest BCUT2D eigenvalue weighted by Gasteiger charge is -2.40. The summed E-state index contributed by atoms with van der Waals surface area (Å²) in [5.74, 6) is 0. The number of anilines is 10. The predicted octanol–water partition coefficient (Wildman–Crippen LogP) is 18.3. The van der Waals surface area contributed by atoms with E-state index in [1.54, 1.807) is 0 Å². The molecule has 9 aromatic carbocycles. The monoisotopic (exact) mass is 916 g/mol. The molecule has 344 valence electrons. The summed E-state index contributed by atoms with van der Waals surface area (Å²) in [5.41, 5.74) is 20.0. The van der Waals surface area contributed by atoms with Crippen molar-refractivity contribution in [2.75, 3.05) is 19.6 Å². The maximum absolute atomic E-state index is 2.56. The van der Waals surface area contributed by atoms with E-state index in [4.69, 9.17) is 0 Å². The van der Waals surface area contributed by atoms with E-state index < -0.39 is 0 Å². The van der Waals surface area contributed by atoms with Crippen molar-refractivity contribution in [3.63, 3.8) is 0 Å². The lowest BCUT2D eigenvalue weighted by atomic mass is 9.76. The van der Waals surface area contributed by atoms with Crippen molar-refractivity contribution in [3.05, 3.63) is 253 Å². The Balaban J connectivity index is 0.813. The van der Waals surface area contributed by atoms with Crippen LogP contribution in [0.15, 0.2) is 231 Å². The van der Waals surface area contributed by atoms with E-state index in [9.17, 15) is 0 Å². The van der Waals surface area contributed by atoms with Crippen molar-refractivity contribution in [2.45, 2.75) is 57.0 Å². The third-order valence-electron chi connectivity index (χ3n) is 15.6. The first-order chi connectivity index (χ1) is 35.0. The van der Waals surface area contributed by atoms with Crippen LogP contribution >= 0.6 is 0 Å². The molecule has 4 heteroatoms. The zero-order valence-electron chi connectivity index (χ0n) is 40.4. The minimum atomic E-state index is 0.00340. The van der Waals surface area contributed by atoms with Crippen LogP contribution in [0.5, 0.6) is 0 Å². The summed E-state index contributed by atoms with van der Waals surface area (Å²) in [6, 6.07) is 76.6. The van der Waals surface area contributed by atoms with Gasteiger partial charge in [0.25, 0.3) is 0 Å². The highest BCUT2D eigenvalue weighted by Gasteiger charge is 2.45. The summed E-state index contributed by atoms with van der Waals surface area (Å²) in [5, 5.41) is 2.44. The fourth-order valence-corrected chi connectivity index (χ4v) is 12.3. The van der Waals surface area contributed by atoms with Gasteiger partial charge in [0.15, 0.2) is 0 Å². The van der Waals surface area contributed by atoms with Gasteiger partial charge in [-0.05, 0) is 162 Å². The molecule has 71 heavy (non-hydrogen) atoms. The molecule has 4 aliphatic rings. The van der Waals surface area contributed by atoms with Gasteiger partial charge in [-0.25, -0.2) is 0 Å². The molecule has 9 aromatic rings. The Kier molecular flexibility index (Phi) is 10.6. The maximum atomic E-state index is 2.56. The number of hydrogen-bond acceptors (Lipinski definition) is 4. The van der Waals surface area contributed by atoms with Crippen molar-refractivity contribution in [2.24, 2.45) is 0 Å². The average Bonchev–Trinajstić information content (AvgIpc) is 4.02. The fraction of sp³-hybridized carbons (Fsp3) is 0.134. The first kappa shape index (κ1) is 42.7. The van der Waals surface area contributed by atoms with Crippen LogP contribution in [0.3, 0.4) is 0 Å². The first-order valence-electron chi connectivity index (χ1n) is 25.4. The van der Waals surface area contributed by atoms with Crippen LogP contribution in [0.4, 0.5) is 56.9 Å². The van der Waals surface area contributed by atoms with Gasteiger partial charge in [-0.2, -0.15) is 0 Å². The standard InChI is InChI=1S/C67H56N4/c1-47-19-9-10-20-48(2)69(62-26-12-11-25-61(62)68(47)53-21-5-3-6-22-53)56-38-40-58-57-39-34-50(44-59(57)67(60(58)46-56)41-17-18-42-67)32-31-49-33-35-52-45-55(37-36-51(52)43-49)71-65-29-15-13-27-63(65)70(54-23-7-4-8-24-54)64-28-14-16-30-66(64)71/h3-16,19-40,43-48H,17-18,41-42H2,1-2H3/b19-9-,20-10-,32-31+. The van der Waals surface area contributed by atoms with Gasteiger partial charge in [0.2, 0.25) is 0 Å². The zero-order chi connectivity index (χ0) is 47.5. The summed E-state index contributed by atoms with van der Waals surface area (Å²) >= 11 is 0. The van der Waals surface area contributed by atoms with Crippen LogP contribution in [0, 0.1) is 0 Å². The Hall–Kier alpha value is -8.34. The van der Waals surface area contributed by atoms with Gasteiger partial charge in [-0.1, -0.05) is 165 Å². The van der Waals surface area contributed by atoms with Crippen molar-refractivity contribution in [3.8, 4) is 11.1 Å². The van der Waals surface area contributed by atoms with Gasteiger partial charge in [0.05, 0.1) is 34.1 Å². The molecule has 2 aliphatic carbocycles. The molecule has 1 fully saturated rings. The average molecular weight is 917 g/mol. The fourth-order valence-electron chi connectivity index (χ4n) is 12.3. The van der Waals surface area contributed by atoms with Crippen LogP contribution in [-0.2, 0) is 5.41 Å². The Morgan fingerprint density at radius 3 is 1.42 bits per heavy atom. The molecule has 2 atom stereocenters. The molecule has 0 radical (unpaired) electrons. The molecule has 0 N–H and O–H groups in total. The number of nitrogens with zero attached hydrogens (tertiary/aromatic N) is 4. The van der Waals surface area contributed by atoms with Crippen molar-refractivity contribution in [1.29, 1.82) is 0 Å². The molecular weight excluding hydrogens is 861 g/mol. The molecule has 1 spiro atoms. The van der Waals surface area contributed by atoms with Gasteiger partial charge < -0.3 is 19.6 Å². The first-order valence-corrected chi connectivity index (χ1v) is 25.4. The largest absolute Gasteiger partial charge is 0.333 e. The molecule has 2 heterocycles. The molecule has 4 nitrogen and oxygen atoms in total. The second kappa shape index (κ2) is 17.6. The second-order valence-electron chi connectivity index (χ2n) is 19.7. The van der Waals surface area contributed by atoms with E-state index in [1.165, 1.54) is 92.6 Å². The second-order valence-corrected chi connectivity index (χ2v) is 19.7. The molecule has 0 saturated heterocycles. The van der Waals surface area contributed by atoms with Crippen LogP contribution in [0.2, 0.25) is 0 Å². The smallest absolute Gasteiger partial charge is 0.0703 e. The van der Waals surface area contributed by atoms with Gasteiger partial charge in [-0.15, -0.1) is 0 Å². The maximum Gasteiger partial charge on any atom is 0.0703 e. The molecule has 0 bridgehead atoms. The van der Waals surface area contributed by atoms with Crippen LogP contribution in [0.1, 0.15) is 61.8 Å². The molecule has 0 aromatic heterocycles. The minimum Gasteiger partial charge on any atom is -0.333 e. The third kappa shape index (κ3) is 7.28. The summed E-state index contributed by atoms with van der Waals surface area (Å²) < 4.78 is 0. The Bertz CT molecular complexity index is 3520. The number of hydrogen-bond donors (Lipinski definition) is 0. The van der Waals surface area contributed by atoms with E-state index in [0.717, 1.165) is 34.1 Å². The van der Waals surface area contributed by atoms with Gasteiger partial charge in [0, 0.05) is 40.2 Å². The molecule has 0 amide bonds. The quantitative estimate of drug-likeness (QED) is 0.154. The van der Waals surface area contributed by atoms with Gasteiger partial charge in [0.1, 0.15) is 0 Å².